The highest BCUT2D eigenvalue weighted by atomic mass is 35.5. The van der Waals surface area contributed by atoms with Gasteiger partial charge in [0.2, 0.25) is 5.82 Å². The number of hydrogen-bond donors (Lipinski definition) is 2. The molecule has 1 saturated carbocycles. The fraction of sp³-hybridized carbons (Fsp3) is 0.393. The molecule has 3 aromatic heterocycles. The summed E-state index contributed by atoms with van der Waals surface area (Å²) in [4.78, 5) is 49.8. The van der Waals surface area contributed by atoms with Gasteiger partial charge in [0.15, 0.2) is 27.6 Å². The van der Waals surface area contributed by atoms with Crippen molar-refractivity contribution in [1.29, 1.82) is 0 Å². The van der Waals surface area contributed by atoms with E-state index in [1.165, 1.54) is 47.6 Å². The number of carbonyl (C=O) groups excluding carboxylic acids is 2. The van der Waals surface area contributed by atoms with Crippen molar-refractivity contribution in [1.82, 2.24) is 44.3 Å². The topological polar surface area (TPSA) is 187 Å². The Hall–Kier alpha value is -4.69. The number of benzene rings is 1. The molecule has 4 aromatic rings. The van der Waals surface area contributed by atoms with Crippen LogP contribution in [0.5, 0.6) is 0 Å². The Kier molecular flexibility index (Phi) is 9.05. The van der Waals surface area contributed by atoms with Crippen LogP contribution in [0.15, 0.2) is 47.5 Å². The summed E-state index contributed by atoms with van der Waals surface area (Å²) in [6, 6.07) is 6.28. The molecule has 3 atom stereocenters. The van der Waals surface area contributed by atoms with Crippen molar-refractivity contribution in [2.24, 2.45) is 0 Å². The molecule has 6 rings (SSSR count). The molecule has 2 amide bonds. The maximum atomic E-state index is 13.7. The Balaban J connectivity index is 1.41. The lowest BCUT2D eigenvalue weighted by atomic mass is 10.2. The molecule has 1 aliphatic carbocycles. The van der Waals surface area contributed by atoms with Gasteiger partial charge in [-0.25, -0.2) is 32.0 Å². The van der Waals surface area contributed by atoms with Crippen LogP contribution in [0.3, 0.4) is 0 Å². The van der Waals surface area contributed by atoms with Crippen LogP contribution in [0.25, 0.3) is 17.1 Å². The Morgan fingerprint density at radius 2 is 1.78 bits per heavy atom. The Bertz CT molecular complexity index is 2070. The normalized spacial score (nSPS) is 19.4. The highest BCUT2D eigenvalue weighted by Gasteiger charge is 2.40. The lowest BCUT2D eigenvalue weighted by Crippen LogP contribution is -2.44. The summed E-state index contributed by atoms with van der Waals surface area (Å²) in [5.74, 6) is -2.99. The Labute approximate surface area is 279 Å². The van der Waals surface area contributed by atoms with E-state index in [0.717, 1.165) is 9.36 Å². The van der Waals surface area contributed by atoms with E-state index in [9.17, 15) is 45.5 Å². The fourth-order valence-electron chi connectivity index (χ4n) is 5.02. The summed E-state index contributed by atoms with van der Waals surface area (Å²) in [6.07, 6.45) is -6.58. The third kappa shape index (κ3) is 7.35. The van der Waals surface area contributed by atoms with Crippen LogP contribution in [0, 0.1) is 0 Å². The van der Waals surface area contributed by atoms with Crippen LogP contribution < -0.4 is 11.0 Å². The zero-order valence-corrected chi connectivity index (χ0v) is 26.7. The second kappa shape index (κ2) is 13.0. The minimum atomic E-state index is -5.06. The summed E-state index contributed by atoms with van der Waals surface area (Å²) >= 11 is 5.95. The van der Waals surface area contributed by atoms with Gasteiger partial charge in [-0.15, -0.1) is 10.2 Å². The number of alkyl halides is 4. The third-order valence-corrected chi connectivity index (χ3v) is 9.69. The first-order valence-electron chi connectivity index (χ1n) is 14.6. The number of hydrogen-bond acceptors (Lipinski definition) is 10. The smallest absolute Gasteiger partial charge is 0.382 e. The molecule has 49 heavy (non-hydrogen) atoms. The lowest BCUT2D eigenvalue weighted by molar-refractivity contribution is -0.207. The molecule has 0 bridgehead atoms. The van der Waals surface area contributed by atoms with Gasteiger partial charge in [-0.05, 0) is 30.3 Å². The van der Waals surface area contributed by atoms with E-state index in [2.05, 4.69) is 25.5 Å². The van der Waals surface area contributed by atoms with Gasteiger partial charge in [0.05, 0.1) is 41.5 Å². The summed E-state index contributed by atoms with van der Waals surface area (Å²) in [6.45, 7) is -2.12. The number of nitrogens with zero attached hydrogens (tertiary/aromatic N) is 8. The molecule has 21 heteroatoms. The minimum absolute atomic E-state index is 0.0594. The van der Waals surface area contributed by atoms with Crippen molar-refractivity contribution in [3.63, 3.8) is 0 Å². The first kappa shape index (κ1) is 34.2. The standard InChI is InChI=1S/C28H26ClF4N9O6S/c29-16-3-1-15(2-4-16)23-38-41(27(46)40(23)13-21(43)28(31,32)33)14-22-36-24(26(45)39-7-9-49(47,48)10-8-39)42(37-22)20-12-34-6-5-17(20)25(44)35-19-11-18(19)30/h1-6,12,18-19,21,43H,7-11,13-14H2,(H,35,44). The number of rotatable bonds is 9. The van der Waals surface area contributed by atoms with Crippen molar-refractivity contribution in [3.05, 3.63) is 75.4 Å². The molecule has 260 valence electrons. The highest BCUT2D eigenvalue weighted by Crippen LogP contribution is 2.27. The Morgan fingerprint density at radius 1 is 1.10 bits per heavy atom. The third-order valence-electron chi connectivity index (χ3n) is 7.83. The van der Waals surface area contributed by atoms with E-state index < -0.39 is 70.7 Å². The van der Waals surface area contributed by atoms with Crippen LogP contribution in [0.1, 0.15) is 33.2 Å². The van der Waals surface area contributed by atoms with E-state index in [4.69, 9.17) is 11.6 Å². The van der Waals surface area contributed by atoms with Gasteiger partial charge in [-0.3, -0.25) is 19.1 Å². The van der Waals surface area contributed by atoms with Gasteiger partial charge < -0.3 is 15.3 Å². The summed E-state index contributed by atoms with van der Waals surface area (Å²) in [5, 5.41) is 21.1. The number of sulfone groups is 1. The van der Waals surface area contributed by atoms with Crippen molar-refractivity contribution in [2.75, 3.05) is 24.6 Å². The first-order chi connectivity index (χ1) is 23.1. The molecule has 1 aromatic carbocycles. The maximum absolute atomic E-state index is 13.7. The van der Waals surface area contributed by atoms with Gasteiger partial charge in [0, 0.05) is 36.3 Å². The molecule has 1 aliphatic heterocycles. The molecule has 2 N–H and O–H groups in total. The summed E-state index contributed by atoms with van der Waals surface area (Å²) in [7, 11) is -3.38. The van der Waals surface area contributed by atoms with Crippen molar-refractivity contribution < 1.29 is 40.7 Å². The van der Waals surface area contributed by atoms with Gasteiger partial charge in [0.1, 0.15) is 12.7 Å². The maximum Gasteiger partial charge on any atom is 0.416 e. The zero-order chi connectivity index (χ0) is 35.2. The van der Waals surface area contributed by atoms with Crippen molar-refractivity contribution >= 4 is 33.3 Å². The van der Waals surface area contributed by atoms with Crippen LogP contribution in [-0.4, -0.2) is 113 Å². The average Bonchev–Trinajstić information content (AvgIpc) is 3.44. The SMILES string of the molecule is O=C(NC1CC1F)c1ccncc1-n1nc(Cn2nc(-c3ccc(Cl)cc3)n(CC(O)C(F)(F)F)c2=O)nc1C(=O)N1CCS(=O)(=O)CC1. The molecule has 0 radical (unpaired) electrons. The monoisotopic (exact) mass is 727 g/mol. The highest BCUT2D eigenvalue weighted by molar-refractivity contribution is 7.91. The van der Waals surface area contributed by atoms with E-state index in [1.54, 1.807) is 0 Å². The number of carbonyl (C=O) groups is 2. The summed E-state index contributed by atoms with van der Waals surface area (Å²) in [5.41, 5.74) is -1.00. The molecule has 2 fully saturated rings. The van der Waals surface area contributed by atoms with Gasteiger partial charge >= 0.3 is 11.9 Å². The van der Waals surface area contributed by atoms with Gasteiger partial charge in [-0.2, -0.15) is 13.2 Å². The molecule has 3 unspecified atom stereocenters. The van der Waals surface area contributed by atoms with Crippen LogP contribution in [0.4, 0.5) is 17.6 Å². The van der Waals surface area contributed by atoms with Crippen molar-refractivity contribution in [2.45, 2.75) is 44.0 Å². The molecule has 1 saturated heterocycles. The van der Waals surface area contributed by atoms with Crippen LogP contribution in [-0.2, 0) is 22.9 Å². The van der Waals surface area contributed by atoms with Crippen LogP contribution in [0.2, 0.25) is 5.02 Å². The first-order valence-corrected chi connectivity index (χ1v) is 16.8. The average molecular weight is 728 g/mol. The minimum Gasteiger partial charge on any atom is -0.382 e. The van der Waals surface area contributed by atoms with Crippen LogP contribution >= 0.6 is 11.6 Å². The lowest BCUT2D eigenvalue weighted by Gasteiger charge is -2.26. The molecule has 4 heterocycles. The predicted molar refractivity (Wildman–Crippen MR) is 163 cm³/mol. The van der Waals surface area contributed by atoms with E-state index >= 15 is 0 Å². The van der Waals surface area contributed by atoms with Gasteiger partial charge in [-0.1, -0.05) is 11.6 Å². The fourth-order valence-corrected chi connectivity index (χ4v) is 6.35. The number of amides is 2. The largest absolute Gasteiger partial charge is 0.416 e. The Morgan fingerprint density at radius 3 is 2.41 bits per heavy atom. The quantitative estimate of drug-likeness (QED) is 0.236. The number of halogens is 5. The van der Waals surface area contributed by atoms with E-state index in [-0.39, 0.29) is 59.5 Å². The number of aliphatic hydroxyl groups is 1. The molecule has 2 aliphatic rings. The number of nitrogens with one attached hydrogen (secondary N) is 1. The summed E-state index contributed by atoms with van der Waals surface area (Å²) < 4.78 is 79.9. The molecule has 0 spiro atoms. The molecular formula is C28H26ClF4N9O6S. The molecular weight excluding hydrogens is 702 g/mol. The predicted octanol–water partition coefficient (Wildman–Crippen LogP) is 1.02. The second-order valence-electron chi connectivity index (χ2n) is 11.4. The number of aliphatic hydroxyl groups excluding tert-OH is 1. The number of aromatic nitrogens is 7. The zero-order valence-electron chi connectivity index (χ0n) is 25.1. The number of pyridine rings is 1. The van der Waals surface area contributed by atoms with Gasteiger partial charge in [0.25, 0.3) is 11.8 Å². The van der Waals surface area contributed by atoms with Crippen molar-refractivity contribution in [3.8, 4) is 17.1 Å². The van der Waals surface area contributed by atoms with E-state index in [1.807, 2.05) is 0 Å². The van der Waals surface area contributed by atoms with E-state index in [0.29, 0.717) is 9.59 Å². The second-order valence-corrected chi connectivity index (χ2v) is 14.1. The molecule has 15 nitrogen and oxygen atoms in total.